The van der Waals surface area contributed by atoms with Crippen molar-refractivity contribution >= 4 is 44.8 Å². The Morgan fingerprint density at radius 1 is 1.12 bits per heavy atom. The van der Waals surface area contributed by atoms with Gasteiger partial charge in [-0.15, -0.1) is 0 Å². The van der Waals surface area contributed by atoms with Crippen molar-refractivity contribution in [1.29, 1.82) is 0 Å². The summed E-state index contributed by atoms with van der Waals surface area (Å²) in [4.78, 5) is 12.2. The summed E-state index contributed by atoms with van der Waals surface area (Å²) in [6, 6.07) is 9.78. The normalized spacial score (nSPS) is 11.2. The summed E-state index contributed by atoms with van der Waals surface area (Å²) >= 11 is 11.9. The molecule has 0 atom stereocenters. The van der Waals surface area contributed by atoms with Gasteiger partial charge in [-0.3, -0.25) is 9.52 Å². The van der Waals surface area contributed by atoms with E-state index in [0.29, 0.717) is 26.9 Å². The van der Waals surface area contributed by atoms with Crippen molar-refractivity contribution in [3.63, 3.8) is 0 Å². The molecular weight excluding hydrogens is 371 g/mol. The van der Waals surface area contributed by atoms with Crippen LogP contribution in [-0.2, 0) is 16.6 Å². The zero-order chi connectivity index (χ0) is 17.9. The molecule has 0 saturated carbocycles. The minimum atomic E-state index is -3.36. The number of aryl methyl sites for hydroxylation is 1. The summed E-state index contributed by atoms with van der Waals surface area (Å²) in [5.74, 6) is -0.282. The molecular formula is C16H16Cl2N2O3S. The number of amides is 1. The van der Waals surface area contributed by atoms with Gasteiger partial charge < -0.3 is 5.32 Å². The summed E-state index contributed by atoms with van der Waals surface area (Å²) in [5.41, 5.74) is 2.27. The van der Waals surface area contributed by atoms with Crippen LogP contribution in [0.3, 0.4) is 0 Å². The zero-order valence-corrected chi connectivity index (χ0v) is 15.4. The Labute approximate surface area is 151 Å². The number of anilines is 1. The van der Waals surface area contributed by atoms with E-state index in [1.165, 1.54) is 0 Å². The highest BCUT2D eigenvalue weighted by atomic mass is 35.5. The largest absolute Gasteiger partial charge is 0.348 e. The molecule has 0 spiro atoms. The van der Waals surface area contributed by atoms with Crippen LogP contribution in [0.1, 0.15) is 21.5 Å². The van der Waals surface area contributed by atoms with Crippen molar-refractivity contribution in [3.05, 3.63) is 63.1 Å². The molecule has 128 valence electrons. The third kappa shape index (κ3) is 5.12. The lowest BCUT2D eigenvalue weighted by Crippen LogP contribution is -2.23. The molecule has 0 unspecified atom stereocenters. The van der Waals surface area contributed by atoms with E-state index in [9.17, 15) is 13.2 Å². The number of nitrogens with one attached hydrogen (secondary N) is 2. The van der Waals surface area contributed by atoms with Gasteiger partial charge in [0.15, 0.2) is 0 Å². The van der Waals surface area contributed by atoms with E-state index < -0.39 is 10.0 Å². The standard InChI is InChI=1S/C16H16Cl2N2O3S/c1-10-7-11(4-6-15(10)20-24(2,22)23)16(21)19-9-12-3-5-13(17)8-14(12)18/h3-8,20H,9H2,1-2H3,(H,19,21). The van der Waals surface area contributed by atoms with Crippen molar-refractivity contribution in [2.75, 3.05) is 11.0 Å². The van der Waals surface area contributed by atoms with Gasteiger partial charge in [0.1, 0.15) is 0 Å². The molecule has 8 heteroatoms. The molecule has 2 aromatic carbocycles. The summed E-state index contributed by atoms with van der Waals surface area (Å²) in [7, 11) is -3.36. The first kappa shape index (κ1) is 18.6. The lowest BCUT2D eigenvalue weighted by Gasteiger charge is -2.11. The maximum absolute atomic E-state index is 12.2. The number of hydrogen-bond acceptors (Lipinski definition) is 3. The van der Waals surface area contributed by atoms with Gasteiger partial charge in [-0.25, -0.2) is 8.42 Å². The number of sulfonamides is 1. The van der Waals surface area contributed by atoms with E-state index in [0.717, 1.165) is 11.8 Å². The number of halogens is 2. The molecule has 1 amide bonds. The van der Waals surface area contributed by atoms with Gasteiger partial charge in [-0.2, -0.15) is 0 Å². The van der Waals surface area contributed by atoms with Crippen LogP contribution in [0.25, 0.3) is 0 Å². The Morgan fingerprint density at radius 3 is 2.42 bits per heavy atom. The molecule has 0 radical (unpaired) electrons. The van der Waals surface area contributed by atoms with Crippen LogP contribution in [0, 0.1) is 6.92 Å². The van der Waals surface area contributed by atoms with Gasteiger partial charge >= 0.3 is 0 Å². The average molecular weight is 387 g/mol. The molecule has 0 bridgehead atoms. The highest BCUT2D eigenvalue weighted by Crippen LogP contribution is 2.21. The molecule has 2 N–H and O–H groups in total. The Hall–Kier alpha value is -1.76. The average Bonchev–Trinajstić information content (AvgIpc) is 2.47. The van der Waals surface area contributed by atoms with Crippen molar-refractivity contribution in [1.82, 2.24) is 5.32 Å². The molecule has 0 aromatic heterocycles. The van der Waals surface area contributed by atoms with E-state index in [2.05, 4.69) is 10.0 Å². The van der Waals surface area contributed by atoms with Crippen LogP contribution in [0.2, 0.25) is 10.0 Å². The fourth-order valence-corrected chi connectivity index (χ4v) is 3.17. The number of carbonyl (C=O) groups excluding carboxylic acids is 1. The SMILES string of the molecule is Cc1cc(C(=O)NCc2ccc(Cl)cc2Cl)ccc1NS(C)(=O)=O. The number of carbonyl (C=O) groups is 1. The Kier molecular flexibility index (Phi) is 5.74. The predicted molar refractivity (Wildman–Crippen MR) is 97.3 cm³/mol. The van der Waals surface area contributed by atoms with Crippen LogP contribution in [-0.4, -0.2) is 20.6 Å². The van der Waals surface area contributed by atoms with Crippen molar-refractivity contribution in [2.45, 2.75) is 13.5 Å². The van der Waals surface area contributed by atoms with Crippen molar-refractivity contribution < 1.29 is 13.2 Å². The second-order valence-electron chi connectivity index (χ2n) is 5.32. The summed E-state index contributed by atoms with van der Waals surface area (Å²) in [5, 5.41) is 3.77. The summed E-state index contributed by atoms with van der Waals surface area (Å²) in [6.45, 7) is 1.98. The van der Waals surface area contributed by atoms with Crippen LogP contribution in [0.5, 0.6) is 0 Å². The predicted octanol–water partition coefficient (Wildman–Crippen LogP) is 3.60. The lowest BCUT2D eigenvalue weighted by atomic mass is 10.1. The Bertz CT molecular complexity index is 883. The minimum absolute atomic E-state index is 0.261. The fourth-order valence-electron chi connectivity index (χ4n) is 2.06. The number of hydrogen-bond donors (Lipinski definition) is 2. The summed E-state index contributed by atoms with van der Waals surface area (Å²) < 4.78 is 24.9. The van der Waals surface area contributed by atoms with Crippen molar-refractivity contribution in [3.8, 4) is 0 Å². The lowest BCUT2D eigenvalue weighted by molar-refractivity contribution is 0.0951. The Balaban J connectivity index is 2.08. The maximum atomic E-state index is 12.2. The van der Waals surface area contributed by atoms with Gasteiger partial charge in [0.25, 0.3) is 5.91 Å². The van der Waals surface area contributed by atoms with E-state index in [4.69, 9.17) is 23.2 Å². The molecule has 0 fully saturated rings. The second kappa shape index (κ2) is 7.42. The van der Waals surface area contributed by atoms with Crippen molar-refractivity contribution in [2.24, 2.45) is 0 Å². The summed E-state index contributed by atoms with van der Waals surface area (Å²) in [6.07, 6.45) is 1.07. The highest BCUT2D eigenvalue weighted by molar-refractivity contribution is 7.92. The quantitative estimate of drug-likeness (QED) is 0.823. The maximum Gasteiger partial charge on any atom is 0.251 e. The highest BCUT2D eigenvalue weighted by Gasteiger charge is 2.11. The zero-order valence-electron chi connectivity index (χ0n) is 13.1. The van der Waals surface area contributed by atoms with Gasteiger partial charge in [0, 0.05) is 22.2 Å². The van der Waals surface area contributed by atoms with Crippen LogP contribution < -0.4 is 10.0 Å². The molecule has 2 aromatic rings. The molecule has 2 rings (SSSR count). The fraction of sp³-hybridized carbons (Fsp3) is 0.188. The van der Waals surface area contributed by atoms with E-state index in [1.807, 2.05) is 0 Å². The molecule has 0 aliphatic heterocycles. The van der Waals surface area contributed by atoms with Gasteiger partial charge in [0.05, 0.1) is 11.9 Å². The van der Waals surface area contributed by atoms with Crippen LogP contribution >= 0.6 is 23.2 Å². The number of rotatable bonds is 5. The monoisotopic (exact) mass is 386 g/mol. The van der Waals surface area contributed by atoms with Crippen LogP contribution in [0.4, 0.5) is 5.69 Å². The third-order valence-corrected chi connectivity index (χ3v) is 4.42. The van der Waals surface area contributed by atoms with E-state index in [-0.39, 0.29) is 12.5 Å². The van der Waals surface area contributed by atoms with Gasteiger partial charge in [-0.1, -0.05) is 29.3 Å². The minimum Gasteiger partial charge on any atom is -0.348 e. The smallest absolute Gasteiger partial charge is 0.251 e. The molecule has 0 aliphatic carbocycles. The Morgan fingerprint density at radius 2 is 1.83 bits per heavy atom. The molecule has 0 heterocycles. The molecule has 0 saturated heterocycles. The second-order valence-corrected chi connectivity index (χ2v) is 7.91. The molecule has 24 heavy (non-hydrogen) atoms. The molecule has 5 nitrogen and oxygen atoms in total. The third-order valence-electron chi connectivity index (χ3n) is 3.24. The first-order chi connectivity index (χ1) is 11.2. The van der Waals surface area contributed by atoms with Crippen LogP contribution in [0.15, 0.2) is 36.4 Å². The van der Waals surface area contributed by atoms with Gasteiger partial charge in [0.2, 0.25) is 10.0 Å². The number of benzene rings is 2. The van der Waals surface area contributed by atoms with E-state index >= 15 is 0 Å². The first-order valence-electron chi connectivity index (χ1n) is 6.96. The topological polar surface area (TPSA) is 75.3 Å². The first-order valence-corrected chi connectivity index (χ1v) is 9.61. The van der Waals surface area contributed by atoms with Gasteiger partial charge in [-0.05, 0) is 48.4 Å². The molecule has 0 aliphatic rings. The van der Waals surface area contributed by atoms with E-state index in [1.54, 1.807) is 43.3 Å².